The Balaban J connectivity index is 1.30. The number of aliphatic hydroxyl groups excluding tert-OH is 1. The molecule has 15 heteroatoms. The molecule has 2 unspecified atom stereocenters. The number of benzene rings is 1. The number of sulfonamides is 1. The number of hydrogen-bond donors (Lipinski definition) is 2. The summed E-state index contributed by atoms with van der Waals surface area (Å²) in [5.41, 5.74) is 1.81. The van der Waals surface area contributed by atoms with Crippen molar-refractivity contribution in [3.8, 4) is 0 Å². The number of hydrogen-bond acceptors (Lipinski definition) is 8. The average Bonchev–Trinajstić information content (AvgIpc) is 3.75. The molecule has 3 aromatic rings. The third kappa shape index (κ3) is 5.20. The molecule has 7 rings (SSSR count). The van der Waals surface area contributed by atoms with E-state index in [0.29, 0.717) is 45.2 Å². The SMILES string of the molecule is O=S(=O)(N[C@H]1CC2=C(c3ccn(C(F)F)n3)[C@H](c3ccc(F)cc3Cl)N=C(c3nccs3)N2C1)[C@@H]1CC2CC[C@@H](C1)C2O. The standard InChI is InChI=1S/C28H28ClF3N6O3S2/c29-20-11-16(30)3-4-19(20)24-23(21-5-7-38(35-21)28(31)32)22-12-17(13-37(22)26(34-24)27-33-6-8-42-27)36-43(40,41)18-9-14-1-2-15(10-18)25(14)39/h3-8,11,14-15,17-18,24-25,28,36,39H,1-2,9-10,12-13H2/t14-,15?,17-,18-,24-,25?/m0/s1. The van der Waals surface area contributed by atoms with E-state index in [-0.39, 0.29) is 35.5 Å². The summed E-state index contributed by atoms with van der Waals surface area (Å²) in [6.45, 7) is -2.63. The number of rotatable bonds is 7. The van der Waals surface area contributed by atoms with Gasteiger partial charge < -0.3 is 10.0 Å². The van der Waals surface area contributed by atoms with Crippen LogP contribution < -0.4 is 4.72 Å². The molecule has 1 aromatic carbocycles. The fourth-order valence-electron chi connectivity index (χ4n) is 7.06. The molecule has 2 aliphatic carbocycles. The van der Waals surface area contributed by atoms with Crippen LogP contribution in [0.1, 0.15) is 61.0 Å². The molecule has 4 aliphatic rings. The van der Waals surface area contributed by atoms with Crippen LogP contribution in [-0.4, -0.2) is 63.0 Å². The van der Waals surface area contributed by atoms with Gasteiger partial charge in [-0.3, -0.25) is 4.99 Å². The monoisotopic (exact) mass is 652 g/mol. The van der Waals surface area contributed by atoms with Crippen LogP contribution in [0.25, 0.3) is 5.57 Å². The molecule has 4 heterocycles. The van der Waals surface area contributed by atoms with E-state index in [2.05, 4.69) is 14.8 Å². The normalized spacial score (nSPS) is 29.0. The van der Waals surface area contributed by atoms with Gasteiger partial charge in [0.2, 0.25) is 10.0 Å². The van der Waals surface area contributed by atoms with Crippen molar-refractivity contribution >= 4 is 44.4 Å². The fourth-order valence-corrected chi connectivity index (χ4v) is 9.78. The van der Waals surface area contributed by atoms with Gasteiger partial charge in [0.15, 0.2) is 10.8 Å². The second kappa shape index (κ2) is 11.0. The van der Waals surface area contributed by atoms with Gasteiger partial charge >= 0.3 is 6.55 Å². The van der Waals surface area contributed by atoms with E-state index in [1.165, 1.54) is 41.8 Å². The van der Waals surface area contributed by atoms with E-state index in [0.717, 1.165) is 12.8 Å². The van der Waals surface area contributed by atoms with Gasteiger partial charge in [0, 0.05) is 58.6 Å². The summed E-state index contributed by atoms with van der Waals surface area (Å²) < 4.78 is 72.0. The third-order valence-corrected chi connectivity index (χ3v) is 12.0. The molecule has 0 amide bonds. The van der Waals surface area contributed by atoms with Crippen molar-refractivity contribution in [2.45, 2.75) is 62.1 Å². The van der Waals surface area contributed by atoms with E-state index < -0.39 is 45.8 Å². The topological polar surface area (TPSA) is 113 Å². The van der Waals surface area contributed by atoms with E-state index in [1.54, 1.807) is 11.6 Å². The minimum absolute atomic E-state index is 0.0145. The second-order valence-corrected chi connectivity index (χ2v) is 14.8. The average molecular weight is 653 g/mol. The Labute approximate surface area is 255 Å². The molecule has 2 bridgehead atoms. The molecule has 2 N–H and O–H groups in total. The minimum atomic E-state index is -3.74. The Hall–Kier alpha value is -2.78. The van der Waals surface area contributed by atoms with Crippen LogP contribution in [-0.2, 0) is 10.0 Å². The zero-order valence-electron chi connectivity index (χ0n) is 22.7. The van der Waals surface area contributed by atoms with Crippen molar-refractivity contribution in [2.24, 2.45) is 16.8 Å². The number of amidine groups is 1. The first-order valence-electron chi connectivity index (χ1n) is 14.0. The highest BCUT2D eigenvalue weighted by Crippen LogP contribution is 2.47. The lowest BCUT2D eigenvalue weighted by molar-refractivity contribution is 0.0564. The number of aromatic nitrogens is 3. The molecule has 228 valence electrons. The molecule has 6 atom stereocenters. The first-order valence-corrected chi connectivity index (χ1v) is 16.9. The van der Waals surface area contributed by atoms with Crippen LogP contribution in [0.5, 0.6) is 0 Å². The van der Waals surface area contributed by atoms with Crippen molar-refractivity contribution in [1.82, 2.24) is 24.4 Å². The van der Waals surface area contributed by atoms with Crippen LogP contribution in [0.4, 0.5) is 13.2 Å². The summed E-state index contributed by atoms with van der Waals surface area (Å²) in [6.07, 6.45) is 5.09. The second-order valence-electron chi connectivity index (χ2n) is 11.5. The molecule has 3 fully saturated rings. The van der Waals surface area contributed by atoms with Gasteiger partial charge in [0.25, 0.3) is 0 Å². The lowest BCUT2D eigenvalue weighted by atomic mass is 9.86. The maximum atomic E-state index is 14.1. The van der Waals surface area contributed by atoms with E-state index in [4.69, 9.17) is 16.6 Å². The Bertz CT molecular complexity index is 1700. The molecule has 0 spiro atoms. The van der Waals surface area contributed by atoms with Gasteiger partial charge in [-0.1, -0.05) is 17.7 Å². The third-order valence-electron chi connectivity index (χ3n) is 9.00. The number of alkyl halides is 2. The molecule has 2 saturated carbocycles. The van der Waals surface area contributed by atoms with Crippen LogP contribution in [0.2, 0.25) is 5.02 Å². The van der Waals surface area contributed by atoms with Gasteiger partial charge in [-0.25, -0.2) is 27.2 Å². The van der Waals surface area contributed by atoms with Gasteiger partial charge in [-0.2, -0.15) is 13.9 Å². The Morgan fingerprint density at radius 1 is 1.16 bits per heavy atom. The highest BCUT2D eigenvalue weighted by atomic mass is 35.5. The maximum absolute atomic E-state index is 14.1. The van der Waals surface area contributed by atoms with Gasteiger partial charge in [-0.15, -0.1) is 11.3 Å². The van der Waals surface area contributed by atoms with Gasteiger partial charge in [0.05, 0.1) is 17.0 Å². The van der Waals surface area contributed by atoms with Gasteiger partial charge in [0.1, 0.15) is 11.9 Å². The molecule has 1 saturated heterocycles. The molecule has 0 radical (unpaired) electrons. The van der Waals surface area contributed by atoms with Crippen LogP contribution in [0, 0.1) is 17.7 Å². The van der Waals surface area contributed by atoms with Crippen molar-refractivity contribution in [2.75, 3.05) is 6.54 Å². The summed E-state index contributed by atoms with van der Waals surface area (Å²) in [7, 11) is -3.74. The Morgan fingerprint density at radius 3 is 2.58 bits per heavy atom. The van der Waals surface area contributed by atoms with E-state index in [1.807, 2.05) is 4.90 Å². The summed E-state index contributed by atoms with van der Waals surface area (Å²) in [5, 5.41) is 16.4. The first-order chi connectivity index (χ1) is 20.6. The number of halogens is 4. The van der Waals surface area contributed by atoms with E-state index in [9.17, 15) is 26.7 Å². The van der Waals surface area contributed by atoms with Crippen LogP contribution in [0.3, 0.4) is 0 Å². The minimum Gasteiger partial charge on any atom is -0.393 e. The van der Waals surface area contributed by atoms with Crippen molar-refractivity contribution in [3.63, 3.8) is 0 Å². The predicted octanol–water partition coefficient (Wildman–Crippen LogP) is 4.98. The van der Waals surface area contributed by atoms with Crippen LogP contribution >= 0.6 is 22.9 Å². The quantitative estimate of drug-likeness (QED) is 0.372. The molecule has 9 nitrogen and oxygen atoms in total. The summed E-state index contributed by atoms with van der Waals surface area (Å²) in [6, 6.07) is 4.00. The number of fused-ring (bicyclic) bond motifs is 3. The number of nitrogens with zero attached hydrogens (tertiary/aromatic N) is 5. The lowest BCUT2D eigenvalue weighted by Crippen LogP contribution is -2.46. The van der Waals surface area contributed by atoms with Gasteiger partial charge in [-0.05, 0) is 55.7 Å². The highest BCUT2D eigenvalue weighted by molar-refractivity contribution is 7.90. The summed E-state index contributed by atoms with van der Waals surface area (Å²) >= 11 is 7.87. The predicted molar refractivity (Wildman–Crippen MR) is 156 cm³/mol. The zero-order valence-corrected chi connectivity index (χ0v) is 25.0. The van der Waals surface area contributed by atoms with E-state index >= 15 is 0 Å². The number of thiazole rings is 1. The molecular formula is C28H28ClF3N6O3S2. The molecular weight excluding hydrogens is 625 g/mol. The van der Waals surface area contributed by atoms with Crippen molar-refractivity contribution in [3.05, 3.63) is 74.8 Å². The Morgan fingerprint density at radius 2 is 1.93 bits per heavy atom. The number of nitrogens with one attached hydrogen (secondary N) is 1. The van der Waals surface area contributed by atoms with Crippen molar-refractivity contribution < 1.29 is 26.7 Å². The lowest BCUT2D eigenvalue weighted by Gasteiger charge is -2.32. The summed E-state index contributed by atoms with van der Waals surface area (Å²) in [5.74, 6) is -0.0860. The first kappa shape index (κ1) is 29.0. The maximum Gasteiger partial charge on any atom is 0.333 e. The highest BCUT2D eigenvalue weighted by Gasteiger charge is 2.47. The number of aliphatic hydroxyl groups is 1. The van der Waals surface area contributed by atoms with Crippen LogP contribution in [0.15, 0.2) is 52.7 Å². The zero-order chi connectivity index (χ0) is 30.0. The largest absolute Gasteiger partial charge is 0.393 e. The Kier molecular flexibility index (Phi) is 7.40. The summed E-state index contributed by atoms with van der Waals surface area (Å²) in [4.78, 5) is 11.3. The fraction of sp³-hybridized carbons (Fsp3) is 0.464. The smallest absolute Gasteiger partial charge is 0.333 e. The molecule has 2 aromatic heterocycles. The van der Waals surface area contributed by atoms with Crippen molar-refractivity contribution in [1.29, 1.82) is 0 Å². The molecule has 43 heavy (non-hydrogen) atoms. The number of aliphatic imine (C=N–C) groups is 1. The molecule has 2 aliphatic heterocycles.